The molecule has 2 amide bonds. The lowest BCUT2D eigenvalue weighted by Gasteiger charge is -2.25. The zero-order chi connectivity index (χ0) is 18.5. The Morgan fingerprint density at radius 2 is 2.15 bits per heavy atom. The molecule has 0 aromatic carbocycles. The van der Waals surface area contributed by atoms with Crippen LogP contribution in [0.2, 0.25) is 0 Å². The van der Waals surface area contributed by atoms with Gasteiger partial charge < -0.3 is 10.2 Å². The smallest absolute Gasteiger partial charge is 0.224 e. The van der Waals surface area contributed by atoms with Crippen LogP contribution in [0.25, 0.3) is 0 Å². The monoisotopic (exact) mass is 355 g/mol. The minimum Gasteiger partial charge on any atom is -0.351 e. The summed E-state index contributed by atoms with van der Waals surface area (Å²) in [4.78, 5) is 30.1. The molecule has 0 radical (unpaired) electrons. The van der Waals surface area contributed by atoms with E-state index in [2.05, 4.69) is 15.4 Å². The molecular formula is C19H25N5O2. The molecule has 1 N–H and O–H groups in total. The zero-order valence-electron chi connectivity index (χ0n) is 15.3. The van der Waals surface area contributed by atoms with Crippen molar-refractivity contribution in [1.82, 2.24) is 25.0 Å². The Morgan fingerprint density at radius 1 is 1.31 bits per heavy atom. The second-order valence-corrected chi connectivity index (χ2v) is 6.68. The van der Waals surface area contributed by atoms with Gasteiger partial charge in [-0.2, -0.15) is 5.10 Å². The summed E-state index contributed by atoms with van der Waals surface area (Å²) < 4.78 is 1.86. The van der Waals surface area contributed by atoms with Gasteiger partial charge in [0.05, 0.1) is 18.3 Å². The molecule has 7 nitrogen and oxygen atoms in total. The third-order valence-corrected chi connectivity index (χ3v) is 4.78. The van der Waals surface area contributed by atoms with Gasteiger partial charge in [-0.1, -0.05) is 0 Å². The first-order valence-corrected chi connectivity index (χ1v) is 9.02. The summed E-state index contributed by atoms with van der Waals surface area (Å²) in [6.45, 7) is 5.27. The molecule has 0 spiro atoms. The Morgan fingerprint density at radius 3 is 2.88 bits per heavy atom. The molecule has 7 heteroatoms. The van der Waals surface area contributed by atoms with Crippen molar-refractivity contribution in [2.45, 2.75) is 52.2 Å². The van der Waals surface area contributed by atoms with Crippen molar-refractivity contribution in [3.05, 3.63) is 47.5 Å². The van der Waals surface area contributed by atoms with Gasteiger partial charge in [0.2, 0.25) is 11.8 Å². The number of aryl methyl sites for hydroxylation is 2. The third kappa shape index (κ3) is 4.28. The van der Waals surface area contributed by atoms with Crippen LogP contribution < -0.4 is 5.32 Å². The van der Waals surface area contributed by atoms with Gasteiger partial charge in [0.25, 0.3) is 0 Å². The van der Waals surface area contributed by atoms with Crippen molar-refractivity contribution in [1.29, 1.82) is 0 Å². The van der Waals surface area contributed by atoms with E-state index >= 15 is 0 Å². The summed E-state index contributed by atoms with van der Waals surface area (Å²) in [7, 11) is 0. The summed E-state index contributed by atoms with van der Waals surface area (Å²) in [6, 6.07) is 5.98. The van der Waals surface area contributed by atoms with Crippen LogP contribution in [0.5, 0.6) is 0 Å². The SMILES string of the molecule is CC(=O)NCc1cc([C@H]2CCCN2C(=O)CCn2nccc2C)ccn1. The molecule has 2 aromatic rings. The van der Waals surface area contributed by atoms with E-state index in [-0.39, 0.29) is 17.9 Å². The van der Waals surface area contributed by atoms with Crippen molar-refractivity contribution in [3.63, 3.8) is 0 Å². The normalized spacial score (nSPS) is 16.7. The van der Waals surface area contributed by atoms with Gasteiger partial charge in [0.1, 0.15) is 0 Å². The van der Waals surface area contributed by atoms with Crippen LogP contribution in [-0.4, -0.2) is 38.0 Å². The van der Waals surface area contributed by atoms with Crippen LogP contribution in [0.1, 0.15) is 49.2 Å². The van der Waals surface area contributed by atoms with Gasteiger partial charge in [-0.05, 0) is 43.5 Å². The van der Waals surface area contributed by atoms with Gasteiger partial charge in [-0.25, -0.2) is 0 Å². The van der Waals surface area contributed by atoms with Gasteiger partial charge in [0, 0.05) is 44.5 Å². The summed E-state index contributed by atoms with van der Waals surface area (Å²) in [6.07, 6.45) is 5.91. The number of hydrogen-bond donors (Lipinski definition) is 1. The fraction of sp³-hybridized carbons (Fsp3) is 0.474. The molecule has 3 rings (SSSR count). The lowest BCUT2D eigenvalue weighted by atomic mass is 10.0. The number of pyridine rings is 1. The fourth-order valence-electron chi connectivity index (χ4n) is 3.41. The minimum atomic E-state index is -0.0798. The quantitative estimate of drug-likeness (QED) is 0.859. The van der Waals surface area contributed by atoms with Gasteiger partial charge >= 0.3 is 0 Å². The van der Waals surface area contributed by atoms with Gasteiger partial charge in [0.15, 0.2) is 0 Å². The maximum atomic E-state index is 12.7. The number of carbonyl (C=O) groups excluding carboxylic acids is 2. The number of rotatable bonds is 6. The van der Waals surface area contributed by atoms with E-state index in [0.29, 0.717) is 19.5 Å². The molecular weight excluding hydrogens is 330 g/mol. The molecule has 0 bridgehead atoms. The van der Waals surface area contributed by atoms with Crippen molar-refractivity contribution >= 4 is 11.8 Å². The lowest BCUT2D eigenvalue weighted by Crippen LogP contribution is -2.31. The zero-order valence-corrected chi connectivity index (χ0v) is 15.3. The predicted molar refractivity (Wildman–Crippen MR) is 97.0 cm³/mol. The molecule has 1 aliphatic rings. The number of likely N-dealkylation sites (tertiary alicyclic amines) is 1. The second-order valence-electron chi connectivity index (χ2n) is 6.68. The Balaban J connectivity index is 1.65. The van der Waals surface area contributed by atoms with Crippen molar-refractivity contribution in [2.75, 3.05) is 6.54 Å². The van der Waals surface area contributed by atoms with Crippen molar-refractivity contribution in [3.8, 4) is 0 Å². The first-order chi connectivity index (χ1) is 12.5. The first-order valence-electron chi connectivity index (χ1n) is 9.02. The largest absolute Gasteiger partial charge is 0.351 e. The van der Waals surface area contributed by atoms with Crippen molar-refractivity contribution in [2.24, 2.45) is 0 Å². The molecule has 0 unspecified atom stereocenters. The van der Waals surface area contributed by atoms with Crippen molar-refractivity contribution < 1.29 is 9.59 Å². The molecule has 1 saturated heterocycles. The van der Waals surface area contributed by atoms with E-state index in [1.807, 2.05) is 34.7 Å². The highest BCUT2D eigenvalue weighted by atomic mass is 16.2. The number of nitrogens with zero attached hydrogens (tertiary/aromatic N) is 4. The molecule has 3 heterocycles. The maximum Gasteiger partial charge on any atom is 0.224 e. The summed E-state index contributed by atoms with van der Waals surface area (Å²) in [5.41, 5.74) is 2.96. The van der Waals surface area contributed by atoms with E-state index in [4.69, 9.17) is 0 Å². The molecule has 0 saturated carbocycles. The summed E-state index contributed by atoms with van der Waals surface area (Å²) in [5, 5.41) is 7.00. The van der Waals surface area contributed by atoms with Gasteiger partial charge in [-0.3, -0.25) is 19.3 Å². The standard InChI is InChI=1S/C19H25N5O2/c1-14-5-9-22-24(14)11-7-19(26)23-10-3-4-18(23)16-6-8-20-17(12-16)13-21-15(2)25/h5-6,8-9,12,18H,3-4,7,10-11,13H2,1-2H3,(H,21,25)/t18-/m1/s1. The molecule has 0 aliphatic carbocycles. The highest BCUT2D eigenvalue weighted by molar-refractivity contribution is 5.77. The molecule has 1 atom stereocenters. The first kappa shape index (κ1) is 18.1. The molecule has 26 heavy (non-hydrogen) atoms. The predicted octanol–water partition coefficient (Wildman–Crippen LogP) is 1.98. The minimum absolute atomic E-state index is 0.0798. The van der Waals surface area contributed by atoms with Crippen LogP contribution in [0.15, 0.2) is 30.6 Å². The van der Waals surface area contributed by atoms with Crippen LogP contribution in [0.4, 0.5) is 0 Å². The van der Waals surface area contributed by atoms with E-state index in [9.17, 15) is 9.59 Å². The highest BCUT2D eigenvalue weighted by Gasteiger charge is 2.29. The lowest BCUT2D eigenvalue weighted by molar-refractivity contribution is -0.132. The highest BCUT2D eigenvalue weighted by Crippen LogP contribution is 2.32. The van der Waals surface area contributed by atoms with Crippen LogP contribution in [0.3, 0.4) is 0 Å². The van der Waals surface area contributed by atoms with E-state index < -0.39 is 0 Å². The molecule has 138 valence electrons. The number of aromatic nitrogens is 3. The Bertz CT molecular complexity index is 786. The third-order valence-electron chi connectivity index (χ3n) is 4.78. The fourth-order valence-corrected chi connectivity index (χ4v) is 3.41. The number of carbonyl (C=O) groups is 2. The van der Waals surface area contributed by atoms with Crippen LogP contribution in [-0.2, 0) is 22.7 Å². The molecule has 1 aliphatic heterocycles. The van der Waals surface area contributed by atoms with Crippen LogP contribution >= 0.6 is 0 Å². The number of amides is 2. The van der Waals surface area contributed by atoms with E-state index in [1.54, 1.807) is 12.4 Å². The summed E-state index contributed by atoms with van der Waals surface area (Å²) in [5.74, 6) is 0.0754. The second kappa shape index (κ2) is 8.12. The maximum absolute atomic E-state index is 12.7. The molecule has 1 fully saturated rings. The van der Waals surface area contributed by atoms with E-state index in [1.165, 1.54) is 6.92 Å². The Kier molecular flexibility index (Phi) is 5.65. The average Bonchev–Trinajstić information content (AvgIpc) is 3.27. The number of hydrogen-bond acceptors (Lipinski definition) is 4. The average molecular weight is 355 g/mol. The van der Waals surface area contributed by atoms with Gasteiger partial charge in [-0.15, -0.1) is 0 Å². The Hall–Kier alpha value is -2.70. The van der Waals surface area contributed by atoms with Crippen LogP contribution in [0, 0.1) is 6.92 Å². The Labute approximate surface area is 153 Å². The van der Waals surface area contributed by atoms with E-state index in [0.717, 1.165) is 36.3 Å². The summed E-state index contributed by atoms with van der Waals surface area (Å²) >= 11 is 0. The topological polar surface area (TPSA) is 80.1 Å². The molecule has 2 aromatic heterocycles. The number of nitrogens with one attached hydrogen (secondary N) is 1.